The van der Waals surface area contributed by atoms with Gasteiger partial charge in [0.1, 0.15) is 0 Å². The fourth-order valence-corrected chi connectivity index (χ4v) is 2.17. The first kappa shape index (κ1) is 12.3. The third-order valence-electron chi connectivity index (χ3n) is 3.11. The predicted octanol–water partition coefficient (Wildman–Crippen LogP) is 2.99. The minimum Gasteiger partial charge on any atom is -0.363 e. The van der Waals surface area contributed by atoms with Crippen molar-refractivity contribution < 1.29 is 4.79 Å². The second-order valence-corrected chi connectivity index (χ2v) is 5.60. The summed E-state index contributed by atoms with van der Waals surface area (Å²) in [6.07, 6.45) is 2.82. The van der Waals surface area contributed by atoms with E-state index in [2.05, 4.69) is 39.2 Å². The number of nitrogens with zero attached hydrogens (tertiary/aromatic N) is 1. The third-order valence-corrected chi connectivity index (χ3v) is 3.11. The van der Waals surface area contributed by atoms with Crippen LogP contribution in [0.5, 0.6) is 0 Å². The SMILES string of the molecule is C=C1CCC(C)(C)N1CC(=O)CC(C)C. The molecule has 0 unspecified atom stereocenters. The lowest BCUT2D eigenvalue weighted by molar-refractivity contribution is -0.121. The molecule has 15 heavy (non-hydrogen) atoms. The number of rotatable bonds is 4. The fourth-order valence-electron chi connectivity index (χ4n) is 2.17. The van der Waals surface area contributed by atoms with E-state index < -0.39 is 0 Å². The van der Waals surface area contributed by atoms with Crippen molar-refractivity contribution in [3.8, 4) is 0 Å². The van der Waals surface area contributed by atoms with Crippen LogP contribution in [0, 0.1) is 5.92 Å². The first-order chi connectivity index (χ1) is 6.83. The Labute approximate surface area is 93.3 Å². The van der Waals surface area contributed by atoms with Gasteiger partial charge in [-0.3, -0.25) is 4.79 Å². The molecule has 0 N–H and O–H groups in total. The Morgan fingerprint density at radius 3 is 2.53 bits per heavy atom. The lowest BCUT2D eigenvalue weighted by atomic mass is 10.0. The van der Waals surface area contributed by atoms with Gasteiger partial charge < -0.3 is 4.90 Å². The first-order valence-corrected chi connectivity index (χ1v) is 5.80. The number of likely N-dealkylation sites (tertiary alicyclic amines) is 1. The second kappa shape index (κ2) is 4.38. The zero-order valence-electron chi connectivity index (χ0n) is 10.5. The average molecular weight is 209 g/mol. The van der Waals surface area contributed by atoms with Crippen molar-refractivity contribution in [2.45, 2.75) is 52.5 Å². The number of ketones is 1. The Balaban J connectivity index is 2.57. The number of Topliss-reactive ketones (excluding diaryl/α,β-unsaturated/α-hetero) is 1. The van der Waals surface area contributed by atoms with E-state index in [1.54, 1.807) is 0 Å². The summed E-state index contributed by atoms with van der Waals surface area (Å²) in [4.78, 5) is 13.9. The summed E-state index contributed by atoms with van der Waals surface area (Å²) in [6, 6.07) is 0. The molecule has 1 fully saturated rings. The molecular weight excluding hydrogens is 186 g/mol. The first-order valence-electron chi connectivity index (χ1n) is 5.80. The molecule has 2 heteroatoms. The standard InChI is InChI=1S/C13H23NO/c1-10(2)8-12(15)9-14-11(3)6-7-13(14,4)5/h10H,3,6-9H2,1-2,4-5H3. The third kappa shape index (κ3) is 3.08. The molecule has 0 bridgehead atoms. The molecule has 0 aromatic carbocycles. The summed E-state index contributed by atoms with van der Waals surface area (Å²) in [6.45, 7) is 13.1. The summed E-state index contributed by atoms with van der Waals surface area (Å²) in [5.74, 6) is 0.789. The van der Waals surface area contributed by atoms with E-state index in [4.69, 9.17) is 0 Å². The Morgan fingerprint density at radius 2 is 2.13 bits per heavy atom. The van der Waals surface area contributed by atoms with Gasteiger partial charge in [-0.05, 0) is 32.6 Å². The Morgan fingerprint density at radius 1 is 1.53 bits per heavy atom. The van der Waals surface area contributed by atoms with Gasteiger partial charge in [0.05, 0.1) is 6.54 Å². The minimum atomic E-state index is 0.115. The van der Waals surface area contributed by atoms with Crippen LogP contribution in [0.3, 0.4) is 0 Å². The Kier molecular flexibility index (Phi) is 3.58. The van der Waals surface area contributed by atoms with Crippen LogP contribution in [-0.4, -0.2) is 22.8 Å². The van der Waals surface area contributed by atoms with Gasteiger partial charge in [0.2, 0.25) is 0 Å². The normalized spacial score (nSPS) is 20.1. The lowest BCUT2D eigenvalue weighted by Gasteiger charge is -2.33. The molecule has 0 spiro atoms. The maximum Gasteiger partial charge on any atom is 0.152 e. The van der Waals surface area contributed by atoms with Crippen LogP contribution in [0.15, 0.2) is 12.3 Å². The highest BCUT2D eigenvalue weighted by molar-refractivity contribution is 5.81. The van der Waals surface area contributed by atoms with Crippen LogP contribution < -0.4 is 0 Å². The highest BCUT2D eigenvalue weighted by Crippen LogP contribution is 2.34. The molecular formula is C13H23NO. The molecule has 0 aromatic rings. The minimum absolute atomic E-state index is 0.115. The van der Waals surface area contributed by atoms with E-state index in [1.807, 2.05) is 0 Å². The van der Waals surface area contributed by atoms with Crippen molar-refractivity contribution in [2.24, 2.45) is 5.92 Å². The summed E-state index contributed by atoms with van der Waals surface area (Å²) in [5, 5.41) is 0. The van der Waals surface area contributed by atoms with E-state index in [1.165, 1.54) is 0 Å². The summed E-state index contributed by atoms with van der Waals surface area (Å²) < 4.78 is 0. The topological polar surface area (TPSA) is 20.3 Å². The van der Waals surface area contributed by atoms with Crippen LogP contribution in [0.25, 0.3) is 0 Å². The van der Waals surface area contributed by atoms with Crippen LogP contribution >= 0.6 is 0 Å². The number of hydrogen-bond acceptors (Lipinski definition) is 2. The summed E-state index contributed by atoms with van der Waals surface area (Å²) >= 11 is 0. The maximum absolute atomic E-state index is 11.8. The molecule has 1 aliphatic rings. The van der Waals surface area contributed by atoms with Crippen molar-refractivity contribution in [3.63, 3.8) is 0 Å². The van der Waals surface area contributed by atoms with Gasteiger partial charge in [-0.2, -0.15) is 0 Å². The van der Waals surface area contributed by atoms with Crippen molar-refractivity contribution >= 4 is 5.78 Å². The fraction of sp³-hybridized carbons (Fsp3) is 0.769. The molecule has 0 radical (unpaired) electrons. The molecule has 2 nitrogen and oxygen atoms in total. The molecule has 1 aliphatic heterocycles. The predicted molar refractivity (Wildman–Crippen MR) is 63.6 cm³/mol. The molecule has 86 valence electrons. The quantitative estimate of drug-likeness (QED) is 0.709. The van der Waals surface area contributed by atoms with Gasteiger partial charge in [0.25, 0.3) is 0 Å². The summed E-state index contributed by atoms with van der Waals surface area (Å²) in [5.41, 5.74) is 1.24. The smallest absolute Gasteiger partial charge is 0.152 e. The zero-order chi connectivity index (χ0) is 11.6. The van der Waals surface area contributed by atoms with Crippen LogP contribution in [0.4, 0.5) is 0 Å². The lowest BCUT2D eigenvalue weighted by Crippen LogP contribution is -2.40. The van der Waals surface area contributed by atoms with Gasteiger partial charge in [0, 0.05) is 17.7 Å². The molecule has 0 atom stereocenters. The van der Waals surface area contributed by atoms with E-state index in [-0.39, 0.29) is 5.54 Å². The van der Waals surface area contributed by atoms with E-state index >= 15 is 0 Å². The van der Waals surface area contributed by atoms with Crippen molar-refractivity contribution in [1.82, 2.24) is 4.90 Å². The number of carbonyl (C=O) groups is 1. The maximum atomic E-state index is 11.8. The van der Waals surface area contributed by atoms with E-state index in [9.17, 15) is 4.79 Å². The molecule has 0 aliphatic carbocycles. The highest BCUT2D eigenvalue weighted by atomic mass is 16.1. The van der Waals surface area contributed by atoms with Gasteiger partial charge in [0.15, 0.2) is 5.78 Å². The van der Waals surface area contributed by atoms with Gasteiger partial charge in [-0.15, -0.1) is 0 Å². The van der Waals surface area contributed by atoms with Gasteiger partial charge in [-0.1, -0.05) is 20.4 Å². The number of carbonyl (C=O) groups excluding carboxylic acids is 1. The number of hydrogen-bond donors (Lipinski definition) is 0. The number of allylic oxidation sites excluding steroid dienone is 1. The van der Waals surface area contributed by atoms with E-state index in [0.717, 1.165) is 18.5 Å². The van der Waals surface area contributed by atoms with Crippen molar-refractivity contribution in [1.29, 1.82) is 0 Å². The van der Waals surface area contributed by atoms with Crippen LogP contribution in [0.2, 0.25) is 0 Å². The van der Waals surface area contributed by atoms with Crippen LogP contribution in [0.1, 0.15) is 47.0 Å². The zero-order valence-corrected chi connectivity index (χ0v) is 10.5. The van der Waals surface area contributed by atoms with Gasteiger partial charge in [-0.25, -0.2) is 0 Å². The molecule has 0 aromatic heterocycles. The molecule has 0 saturated carbocycles. The second-order valence-electron chi connectivity index (χ2n) is 5.60. The average Bonchev–Trinajstić information content (AvgIpc) is 2.30. The Hall–Kier alpha value is -0.790. The Bertz CT molecular complexity index is 266. The molecule has 0 amide bonds. The summed E-state index contributed by atoms with van der Waals surface area (Å²) in [7, 11) is 0. The largest absolute Gasteiger partial charge is 0.363 e. The molecule has 1 heterocycles. The van der Waals surface area contributed by atoms with Crippen molar-refractivity contribution in [3.05, 3.63) is 12.3 Å². The monoisotopic (exact) mass is 209 g/mol. The highest BCUT2D eigenvalue weighted by Gasteiger charge is 2.34. The van der Waals surface area contributed by atoms with E-state index in [0.29, 0.717) is 24.7 Å². The van der Waals surface area contributed by atoms with Crippen molar-refractivity contribution in [2.75, 3.05) is 6.54 Å². The molecule has 1 rings (SSSR count). The van der Waals surface area contributed by atoms with Crippen LogP contribution in [-0.2, 0) is 4.79 Å². The van der Waals surface area contributed by atoms with Gasteiger partial charge >= 0.3 is 0 Å². The molecule has 1 saturated heterocycles.